The lowest BCUT2D eigenvalue weighted by atomic mass is 10.1. The Labute approximate surface area is 215 Å². The van der Waals surface area contributed by atoms with Gasteiger partial charge in [0.2, 0.25) is 5.91 Å². The number of halogens is 5. The van der Waals surface area contributed by atoms with Gasteiger partial charge >= 0.3 is 0 Å². The molecule has 2 atom stereocenters. The zero-order valence-electron chi connectivity index (χ0n) is 17.5. The Balaban J connectivity index is 1.53. The molecule has 0 heterocycles. The molecule has 3 aromatic rings. The van der Waals surface area contributed by atoms with Crippen molar-refractivity contribution in [3.63, 3.8) is 0 Å². The van der Waals surface area contributed by atoms with E-state index < -0.39 is 33.8 Å². The first-order chi connectivity index (χ1) is 16.1. The molecule has 10 heteroatoms. The highest BCUT2D eigenvalue weighted by molar-refractivity contribution is 6.53. The molecule has 1 saturated carbocycles. The fraction of sp³-hybridized carbons (Fsp3) is 0.167. The molecule has 0 saturated heterocycles. The van der Waals surface area contributed by atoms with Crippen LogP contribution in [0.5, 0.6) is 5.75 Å². The first-order valence-electron chi connectivity index (χ1n) is 10.00. The second kappa shape index (κ2) is 9.62. The van der Waals surface area contributed by atoms with Gasteiger partial charge in [-0.3, -0.25) is 9.59 Å². The third-order valence-electron chi connectivity index (χ3n) is 5.39. The summed E-state index contributed by atoms with van der Waals surface area (Å²) in [6, 6.07) is 14.8. The van der Waals surface area contributed by atoms with Crippen LogP contribution >= 0.6 is 46.4 Å². The van der Waals surface area contributed by atoms with E-state index in [2.05, 4.69) is 10.6 Å². The molecule has 3 aromatic carbocycles. The van der Waals surface area contributed by atoms with Gasteiger partial charge in [0.25, 0.3) is 5.91 Å². The summed E-state index contributed by atoms with van der Waals surface area (Å²) in [6.45, 7) is 0. The maximum absolute atomic E-state index is 13.1. The van der Waals surface area contributed by atoms with E-state index in [0.717, 1.165) is 0 Å². The largest absolute Gasteiger partial charge is 0.496 e. The summed E-state index contributed by atoms with van der Waals surface area (Å²) in [5.74, 6) is -2.33. The van der Waals surface area contributed by atoms with Crippen LogP contribution in [0.4, 0.5) is 15.8 Å². The van der Waals surface area contributed by atoms with E-state index in [1.54, 1.807) is 30.3 Å². The number of methoxy groups -OCH3 is 1. The molecule has 0 bridgehead atoms. The highest BCUT2D eigenvalue weighted by Crippen LogP contribution is 2.65. The van der Waals surface area contributed by atoms with Crippen molar-refractivity contribution in [2.45, 2.75) is 10.3 Å². The fourth-order valence-electron chi connectivity index (χ4n) is 3.74. The average molecular weight is 542 g/mol. The molecule has 0 radical (unpaired) electrons. The number of carbonyl (C=O) groups is 2. The van der Waals surface area contributed by atoms with E-state index in [0.29, 0.717) is 32.7 Å². The number of benzene rings is 3. The molecule has 5 nitrogen and oxygen atoms in total. The minimum atomic E-state index is -1.34. The van der Waals surface area contributed by atoms with E-state index in [1.807, 2.05) is 0 Å². The number of amides is 2. The van der Waals surface area contributed by atoms with E-state index in [1.165, 1.54) is 37.4 Å². The van der Waals surface area contributed by atoms with Crippen molar-refractivity contribution < 1.29 is 18.7 Å². The molecular formula is C24H17Cl4FN2O3. The summed E-state index contributed by atoms with van der Waals surface area (Å²) < 4.78 is 17.1. The Bertz CT molecular complexity index is 1250. The van der Waals surface area contributed by atoms with E-state index >= 15 is 0 Å². The minimum Gasteiger partial charge on any atom is -0.496 e. The predicted octanol–water partition coefficient (Wildman–Crippen LogP) is 6.92. The molecule has 2 amide bonds. The third kappa shape index (κ3) is 5.10. The highest BCUT2D eigenvalue weighted by Gasteiger charge is 2.67. The highest BCUT2D eigenvalue weighted by atomic mass is 35.5. The number of hydrogen-bond donors (Lipinski definition) is 2. The van der Waals surface area contributed by atoms with Crippen LogP contribution in [0.15, 0.2) is 60.7 Å². The monoisotopic (exact) mass is 540 g/mol. The lowest BCUT2D eigenvalue weighted by molar-refractivity contribution is -0.117. The zero-order chi connectivity index (χ0) is 24.6. The van der Waals surface area contributed by atoms with Gasteiger partial charge in [-0.05, 0) is 66.2 Å². The van der Waals surface area contributed by atoms with Gasteiger partial charge in [0, 0.05) is 27.3 Å². The molecular weight excluding hydrogens is 525 g/mol. The van der Waals surface area contributed by atoms with Crippen LogP contribution in [0.3, 0.4) is 0 Å². The fourth-order valence-corrected chi connectivity index (χ4v) is 5.11. The number of ether oxygens (including phenoxy) is 1. The maximum Gasteiger partial charge on any atom is 0.259 e. The second-order valence-electron chi connectivity index (χ2n) is 7.70. The molecule has 176 valence electrons. The van der Waals surface area contributed by atoms with Gasteiger partial charge in [-0.2, -0.15) is 0 Å². The molecule has 0 unspecified atom stereocenters. The molecule has 1 aliphatic carbocycles. The van der Waals surface area contributed by atoms with Crippen LogP contribution < -0.4 is 15.4 Å². The van der Waals surface area contributed by atoms with Crippen molar-refractivity contribution in [3.8, 4) is 5.75 Å². The summed E-state index contributed by atoms with van der Waals surface area (Å²) in [5.41, 5.74) is 1.56. The number of rotatable bonds is 6. The topological polar surface area (TPSA) is 67.4 Å². The number of alkyl halides is 2. The molecule has 0 spiro atoms. The van der Waals surface area contributed by atoms with Crippen LogP contribution in [-0.2, 0) is 4.79 Å². The van der Waals surface area contributed by atoms with Gasteiger partial charge in [-0.15, -0.1) is 23.2 Å². The van der Waals surface area contributed by atoms with Crippen molar-refractivity contribution in [1.29, 1.82) is 0 Å². The predicted molar refractivity (Wildman–Crippen MR) is 133 cm³/mol. The maximum atomic E-state index is 13.1. The molecule has 0 aliphatic heterocycles. The molecule has 2 N–H and O–H groups in total. The number of carbonyl (C=O) groups excluding carboxylic acids is 2. The molecule has 0 aromatic heterocycles. The Morgan fingerprint density at radius 3 is 2.15 bits per heavy atom. The smallest absolute Gasteiger partial charge is 0.259 e. The molecule has 4 rings (SSSR count). The Hall–Kier alpha value is -2.51. The van der Waals surface area contributed by atoms with Crippen LogP contribution in [0, 0.1) is 11.7 Å². The van der Waals surface area contributed by atoms with E-state index in [-0.39, 0.29) is 5.56 Å². The number of nitrogens with one attached hydrogen (secondary N) is 2. The first kappa shape index (κ1) is 24.6. The van der Waals surface area contributed by atoms with E-state index in [9.17, 15) is 14.0 Å². The second-order valence-corrected chi connectivity index (χ2v) is 10.0. The van der Waals surface area contributed by atoms with Crippen LogP contribution in [0.1, 0.15) is 21.8 Å². The summed E-state index contributed by atoms with van der Waals surface area (Å²) in [6.07, 6.45) is 0. The van der Waals surface area contributed by atoms with Gasteiger partial charge in [-0.1, -0.05) is 23.2 Å². The number of anilines is 2. The van der Waals surface area contributed by atoms with Crippen LogP contribution in [0.25, 0.3) is 0 Å². The summed E-state index contributed by atoms with van der Waals surface area (Å²) in [7, 11) is 1.42. The van der Waals surface area contributed by atoms with Gasteiger partial charge < -0.3 is 15.4 Å². The Kier molecular flexibility index (Phi) is 6.97. The first-order valence-corrected chi connectivity index (χ1v) is 11.5. The normalized spacial score (nSPS) is 18.2. The molecule has 34 heavy (non-hydrogen) atoms. The lowest BCUT2D eigenvalue weighted by Crippen LogP contribution is -2.18. The van der Waals surface area contributed by atoms with Crippen LogP contribution in [0.2, 0.25) is 10.0 Å². The Morgan fingerprint density at radius 2 is 1.53 bits per heavy atom. The van der Waals surface area contributed by atoms with Crippen LogP contribution in [-0.4, -0.2) is 23.3 Å². The molecule has 1 fully saturated rings. The van der Waals surface area contributed by atoms with Crippen molar-refractivity contribution >= 4 is 69.6 Å². The van der Waals surface area contributed by atoms with Gasteiger partial charge in [0.05, 0.1) is 18.6 Å². The van der Waals surface area contributed by atoms with Gasteiger partial charge in [0.15, 0.2) is 0 Å². The quantitative estimate of drug-likeness (QED) is 0.333. The number of hydrogen-bond acceptors (Lipinski definition) is 3. The summed E-state index contributed by atoms with van der Waals surface area (Å²) in [5, 5.41) is 6.22. The van der Waals surface area contributed by atoms with E-state index in [4.69, 9.17) is 51.1 Å². The van der Waals surface area contributed by atoms with Crippen molar-refractivity contribution in [2.75, 3.05) is 17.7 Å². The van der Waals surface area contributed by atoms with Crippen molar-refractivity contribution in [3.05, 3.63) is 87.7 Å². The summed E-state index contributed by atoms with van der Waals surface area (Å²) in [4.78, 5) is 25.8. The standard InChI is InChI=1S/C24H17Cl4FN2O3/c1-34-19-7-6-17(11-18(19)22(32)30-16-4-2-15(29)3-5-16)31-23(33)21-20(24(21,27)28)12-8-13(25)10-14(26)9-12/h2-11,20-21H,1H3,(H,30,32)(H,31,33)/t20-,21+/m0/s1. The van der Waals surface area contributed by atoms with Crippen molar-refractivity contribution in [2.24, 2.45) is 5.92 Å². The third-order valence-corrected chi connectivity index (χ3v) is 6.77. The van der Waals surface area contributed by atoms with Gasteiger partial charge in [0.1, 0.15) is 15.9 Å². The van der Waals surface area contributed by atoms with Crippen molar-refractivity contribution in [1.82, 2.24) is 0 Å². The SMILES string of the molecule is COc1ccc(NC(=O)[C@H]2[C@H](c3cc(Cl)cc(Cl)c3)C2(Cl)Cl)cc1C(=O)Nc1ccc(F)cc1. The zero-order valence-corrected chi connectivity index (χ0v) is 20.6. The summed E-state index contributed by atoms with van der Waals surface area (Å²) >= 11 is 25.0. The minimum absolute atomic E-state index is 0.168. The molecule has 1 aliphatic rings. The average Bonchev–Trinajstić information content (AvgIpc) is 3.36. The Morgan fingerprint density at radius 1 is 0.912 bits per heavy atom. The van der Waals surface area contributed by atoms with Gasteiger partial charge in [-0.25, -0.2) is 4.39 Å². The lowest BCUT2D eigenvalue weighted by Gasteiger charge is -2.12.